The Morgan fingerprint density at radius 3 is 2.95 bits per heavy atom. The third-order valence-electron chi connectivity index (χ3n) is 4.27. The zero-order valence-corrected chi connectivity index (χ0v) is 13.7. The molecule has 3 nitrogen and oxygen atoms in total. The molecule has 0 bridgehead atoms. The minimum absolute atomic E-state index is 0.0505. The Labute approximate surface area is 135 Å². The first kappa shape index (κ1) is 15.1. The van der Waals surface area contributed by atoms with E-state index < -0.39 is 0 Å². The molecule has 2 N–H and O–H groups in total. The summed E-state index contributed by atoms with van der Waals surface area (Å²) in [6.07, 6.45) is 4.45. The molecule has 2 aliphatic rings. The number of hydrogen-bond donors (Lipinski definition) is 1. The molecule has 2 fully saturated rings. The maximum absolute atomic E-state index is 6.17. The van der Waals surface area contributed by atoms with E-state index in [0.29, 0.717) is 4.99 Å². The third kappa shape index (κ3) is 3.71. The molecule has 2 heterocycles. The fourth-order valence-electron chi connectivity index (χ4n) is 3.09. The molecule has 0 amide bonds. The lowest BCUT2D eigenvalue weighted by atomic mass is 9.86. The van der Waals surface area contributed by atoms with Crippen molar-refractivity contribution >= 4 is 29.0 Å². The van der Waals surface area contributed by atoms with Crippen molar-refractivity contribution in [2.75, 3.05) is 18.1 Å². The lowest BCUT2D eigenvalue weighted by molar-refractivity contribution is -0.116. The minimum atomic E-state index is 0.0505. The van der Waals surface area contributed by atoms with E-state index in [1.165, 1.54) is 11.5 Å². The van der Waals surface area contributed by atoms with Crippen LogP contribution in [-0.2, 0) is 4.74 Å². The molecular formula is C16H21NO2S2. The van der Waals surface area contributed by atoms with Crippen molar-refractivity contribution in [1.29, 1.82) is 0 Å². The lowest BCUT2D eigenvalue weighted by Gasteiger charge is -2.43. The predicted molar refractivity (Wildman–Crippen MR) is 91.2 cm³/mol. The van der Waals surface area contributed by atoms with Crippen molar-refractivity contribution in [3.63, 3.8) is 0 Å². The molecule has 21 heavy (non-hydrogen) atoms. The normalized spacial score (nSPS) is 24.7. The van der Waals surface area contributed by atoms with Crippen molar-refractivity contribution in [2.45, 2.75) is 37.4 Å². The summed E-state index contributed by atoms with van der Waals surface area (Å²) in [7, 11) is 0. The third-order valence-corrected chi connectivity index (χ3v) is 5.49. The largest absolute Gasteiger partial charge is 0.490 e. The van der Waals surface area contributed by atoms with Crippen LogP contribution in [0, 0.1) is 0 Å². The van der Waals surface area contributed by atoms with Crippen LogP contribution in [0.5, 0.6) is 5.75 Å². The summed E-state index contributed by atoms with van der Waals surface area (Å²) in [6.45, 7) is 0.796. The molecule has 0 aromatic heterocycles. The highest BCUT2D eigenvalue weighted by atomic mass is 32.2. The van der Waals surface area contributed by atoms with Crippen molar-refractivity contribution in [1.82, 2.24) is 0 Å². The highest BCUT2D eigenvalue weighted by Crippen LogP contribution is 2.38. The number of hydrogen-bond acceptors (Lipinski definition) is 4. The van der Waals surface area contributed by atoms with Crippen LogP contribution in [0.3, 0.4) is 0 Å². The summed E-state index contributed by atoms with van der Waals surface area (Å²) >= 11 is 7.05. The second kappa shape index (κ2) is 6.55. The van der Waals surface area contributed by atoms with Gasteiger partial charge in [0.15, 0.2) is 0 Å². The number of benzene rings is 1. The molecule has 0 saturated carbocycles. The van der Waals surface area contributed by atoms with E-state index in [-0.39, 0.29) is 11.7 Å². The molecule has 1 atom stereocenters. The Kier molecular flexibility index (Phi) is 4.72. The van der Waals surface area contributed by atoms with E-state index in [0.717, 1.165) is 43.6 Å². The predicted octanol–water partition coefficient (Wildman–Crippen LogP) is 3.14. The van der Waals surface area contributed by atoms with Gasteiger partial charge in [-0.05, 0) is 36.5 Å². The number of nitrogens with two attached hydrogens (primary N) is 1. The number of thioether (sulfide) groups is 1. The first-order valence-corrected chi connectivity index (χ1v) is 9.01. The topological polar surface area (TPSA) is 44.5 Å². The van der Waals surface area contributed by atoms with Crippen LogP contribution in [0.4, 0.5) is 0 Å². The monoisotopic (exact) mass is 323 g/mol. The van der Waals surface area contributed by atoms with E-state index in [1.54, 1.807) is 0 Å². The summed E-state index contributed by atoms with van der Waals surface area (Å²) in [5.74, 6) is 3.25. The van der Waals surface area contributed by atoms with Crippen LogP contribution >= 0.6 is 24.0 Å². The lowest BCUT2D eigenvalue weighted by Crippen LogP contribution is -2.46. The van der Waals surface area contributed by atoms with Crippen LogP contribution in [-0.4, -0.2) is 34.8 Å². The summed E-state index contributed by atoms with van der Waals surface area (Å²) in [4.78, 5) is 0.410. The van der Waals surface area contributed by atoms with Crippen molar-refractivity contribution in [3.8, 4) is 5.75 Å². The molecule has 0 radical (unpaired) electrons. The van der Waals surface area contributed by atoms with Gasteiger partial charge in [-0.3, -0.25) is 0 Å². The second-order valence-corrected chi connectivity index (χ2v) is 7.43. The van der Waals surface area contributed by atoms with Crippen LogP contribution in [0.25, 0.3) is 0 Å². The molecule has 114 valence electrons. The number of rotatable bonds is 3. The Bertz CT molecular complexity index is 509. The highest BCUT2D eigenvalue weighted by Gasteiger charge is 2.39. The van der Waals surface area contributed by atoms with Crippen molar-refractivity contribution in [3.05, 3.63) is 29.8 Å². The SMILES string of the molecule is NC(=S)c1cccc(OC2CCOC3(CCSCC3)C2)c1. The summed E-state index contributed by atoms with van der Waals surface area (Å²) < 4.78 is 12.3. The van der Waals surface area contributed by atoms with E-state index in [2.05, 4.69) is 0 Å². The Balaban J connectivity index is 1.67. The fraction of sp³-hybridized carbons (Fsp3) is 0.562. The zero-order valence-electron chi connectivity index (χ0n) is 12.0. The first-order chi connectivity index (χ1) is 10.2. The van der Waals surface area contributed by atoms with Crippen LogP contribution in [0.1, 0.15) is 31.2 Å². The molecule has 2 aliphatic heterocycles. The molecule has 3 rings (SSSR count). The van der Waals surface area contributed by atoms with Crippen LogP contribution in [0.2, 0.25) is 0 Å². The van der Waals surface area contributed by atoms with Crippen molar-refractivity contribution < 1.29 is 9.47 Å². The molecule has 1 unspecified atom stereocenters. The Morgan fingerprint density at radius 1 is 1.38 bits per heavy atom. The van der Waals surface area contributed by atoms with Crippen LogP contribution < -0.4 is 10.5 Å². The van der Waals surface area contributed by atoms with Crippen LogP contribution in [0.15, 0.2) is 24.3 Å². The molecule has 1 spiro atoms. The van der Waals surface area contributed by atoms with Gasteiger partial charge >= 0.3 is 0 Å². The van der Waals surface area contributed by atoms with Gasteiger partial charge in [0.25, 0.3) is 0 Å². The number of thiocarbonyl (C=S) groups is 1. The quantitative estimate of drug-likeness (QED) is 0.866. The Hall–Kier alpha value is -0.780. The molecule has 5 heteroatoms. The highest BCUT2D eigenvalue weighted by molar-refractivity contribution is 7.99. The maximum Gasteiger partial charge on any atom is 0.120 e. The van der Waals surface area contributed by atoms with E-state index in [4.69, 9.17) is 27.4 Å². The van der Waals surface area contributed by atoms with E-state index >= 15 is 0 Å². The van der Waals surface area contributed by atoms with Gasteiger partial charge in [0.05, 0.1) is 12.2 Å². The summed E-state index contributed by atoms with van der Waals surface area (Å²) in [5.41, 5.74) is 6.59. The van der Waals surface area contributed by atoms with Gasteiger partial charge in [-0.2, -0.15) is 11.8 Å². The van der Waals surface area contributed by atoms with Gasteiger partial charge in [-0.15, -0.1) is 0 Å². The molecule has 0 aliphatic carbocycles. The zero-order chi connectivity index (χ0) is 14.7. The molecule has 2 saturated heterocycles. The second-order valence-electron chi connectivity index (χ2n) is 5.77. The van der Waals surface area contributed by atoms with Gasteiger partial charge < -0.3 is 15.2 Å². The van der Waals surface area contributed by atoms with Gasteiger partial charge in [0, 0.05) is 18.4 Å². The van der Waals surface area contributed by atoms with E-state index in [9.17, 15) is 0 Å². The Morgan fingerprint density at radius 2 is 2.19 bits per heavy atom. The molecule has 1 aromatic rings. The standard InChI is InChI=1S/C16H21NO2S2/c17-15(20)12-2-1-3-13(10-12)19-14-4-7-18-16(11-14)5-8-21-9-6-16/h1-3,10,14H,4-9,11H2,(H2,17,20). The number of ether oxygens (including phenoxy) is 2. The van der Waals surface area contributed by atoms with Gasteiger partial charge in [0.1, 0.15) is 16.8 Å². The average molecular weight is 323 g/mol. The first-order valence-electron chi connectivity index (χ1n) is 7.45. The summed E-state index contributed by atoms with van der Waals surface area (Å²) in [5, 5.41) is 0. The van der Waals surface area contributed by atoms with Gasteiger partial charge in [0.2, 0.25) is 0 Å². The molecular weight excluding hydrogens is 302 g/mol. The van der Waals surface area contributed by atoms with Gasteiger partial charge in [-0.1, -0.05) is 24.4 Å². The van der Waals surface area contributed by atoms with E-state index in [1.807, 2.05) is 36.0 Å². The smallest absolute Gasteiger partial charge is 0.120 e. The van der Waals surface area contributed by atoms with Gasteiger partial charge in [-0.25, -0.2) is 0 Å². The summed E-state index contributed by atoms with van der Waals surface area (Å²) in [6, 6.07) is 7.76. The molecule has 1 aromatic carbocycles. The average Bonchev–Trinajstić information content (AvgIpc) is 2.48. The minimum Gasteiger partial charge on any atom is -0.490 e. The fourth-order valence-corrected chi connectivity index (χ4v) is 4.45. The van der Waals surface area contributed by atoms with Crippen molar-refractivity contribution in [2.24, 2.45) is 5.73 Å². The maximum atomic E-state index is 6.17.